The van der Waals surface area contributed by atoms with Gasteiger partial charge in [-0.1, -0.05) is 12.1 Å². The van der Waals surface area contributed by atoms with Crippen LogP contribution in [0.5, 0.6) is 5.75 Å². The van der Waals surface area contributed by atoms with E-state index in [4.69, 9.17) is 14.5 Å². The van der Waals surface area contributed by atoms with Gasteiger partial charge in [-0.2, -0.15) is 5.10 Å². The number of aromatic nitrogens is 5. The molecular weight excluding hydrogens is 418 g/mol. The fourth-order valence-corrected chi connectivity index (χ4v) is 4.63. The summed E-state index contributed by atoms with van der Waals surface area (Å²) in [4.78, 5) is 11.8. The summed E-state index contributed by atoms with van der Waals surface area (Å²) in [5, 5.41) is 11.7. The number of imidazole rings is 1. The highest BCUT2D eigenvalue weighted by molar-refractivity contribution is 5.84. The molecule has 0 amide bonds. The molecule has 2 aliphatic rings. The first kappa shape index (κ1) is 18.5. The third kappa shape index (κ3) is 3.08. The molecule has 3 aromatic heterocycles. The summed E-state index contributed by atoms with van der Waals surface area (Å²) >= 11 is 0. The van der Waals surface area contributed by atoms with E-state index in [0.29, 0.717) is 19.0 Å². The first-order valence-corrected chi connectivity index (χ1v) is 11.0. The molecule has 5 heterocycles. The van der Waals surface area contributed by atoms with Crippen LogP contribution in [0.1, 0.15) is 0 Å². The molecule has 5 aromatic rings. The molecule has 0 spiro atoms. The highest BCUT2D eigenvalue weighted by Crippen LogP contribution is 2.38. The third-order valence-corrected chi connectivity index (χ3v) is 6.30. The minimum Gasteiger partial charge on any atom is -0.489 e. The zero-order chi connectivity index (χ0) is 21.8. The van der Waals surface area contributed by atoms with Gasteiger partial charge in [-0.3, -0.25) is 5.10 Å². The minimum atomic E-state index is 0.278. The summed E-state index contributed by atoms with van der Waals surface area (Å²) in [5.74, 6) is 1.56. The maximum Gasteiger partial charge on any atom is 0.180 e. The summed E-state index contributed by atoms with van der Waals surface area (Å²) in [7, 11) is 0. The Kier molecular flexibility index (Phi) is 4.03. The van der Waals surface area contributed by atoms with Gasteiger partial charge in [-0.05, 0) is 18.2 Å². The van der Waals surface area contributed by atoms with Crippen molar-refractivity contribution < 1.29 is 9.47 Å². The van der Waals surface area contributed by atoms with Crippen LogP contribution in [0.3, 0.4) is 0 Å². The number of H-pyrrole nitrogens is 1. The fourth-order valence-electron chi connectivity index (χ4n) is 4.63. The van der Waals surface area contributed by atoms with E-state index in [1.807, 2.05) is 35.1 Å². The van der Waals surface area contributed by atoms with Crippen molar-refractivity contribution in [3.8, 4) is 17.0 Å². The molecule has 0 aliphatic carbocycles. The molecule has 164 valence electrons. The summed E-state index contributed by atoms with van der Waals surface area (Å²) < 4.78 is 13.6. The van der Waals surface area contributed by atoms with Gasteiger partial charge in [-0.15, -0.1) is 0 Å². The molecule has 1 atom stereocenters. The topological polar surface area (TPSA) is 92.6 Å². The van der Waals surface area contributed by atoms with Crippen molar-refractivity contribution in [2.75, 3.05) is 36.6 Å². The van der Waals surface area contributed by atoms with Crippen LogP contribution in [0.2, 0.25) is 0 Å². The average molecular weight is 439 g/mol. The second-order valence-electron chi connectivity index (χ2n) is 8.35. The molecule has 0 bridgehead atoms. The van der Waals surface area contributed by atoms with Crippen molar-refractivity contribution in [2.24, 2.45) is 0 Å². The van der Waals surface area contributed by atoms with Crippen molar-refractivity contribution in [2.45, 2.75) is 6.04 Å². The van der Waals surface area contributed by atoms with Gasteiger partial charge in [0.05, 0.1) is 42.4 Å². The van der Waals surface area contributed by atoms with Crippen LogP contribution in [0.15, 0.2) is 61.2 Å². The van der Waals surface area contributed by atoms with E-state index in [1.165, 1.54) is 0 Å². The van der Waals surface area contributed by atoms with Crippen LogP contribution in [-0.4, -0.2) is 57.0 Å². The fraction of sp³-hybridized carbons (Fsp3) is 0.208. The number of nitrogens with one attached hydrogen (secondary N) is 2. The van der Waals surface area contributed by atoms with Crippen molar-refractivity contribution in [1.29, 1.82) is 0 Å². The monoisotopic (exact) mass is 439 g/mol. The van der Waals surface area contributed by atoms with E-state index < -0.39 is 0 Å². The molecule has 2 aliphatic heterocycles. The molecule has 7 rings (SSSR count). The lowest BCUT2D eigenvalue weighted by Gasteiger charge is -2.41. The van der Waals surface area contributed by atoms with Crippen molar-refractivity contribution >= 4 is 33.7 Å². The summed E-state index contributed by atoms with van der Waals surface area (Å²) in [5.41, 5.74) is 5.58. The van der Waals surface area contributed by atoms with Crippen molar-refractivity contribution in [1.82, 2.24) is 24.6 Å². The van der Waals surface area contributed by atoms with Gasteiger partial charge in [-0.25, -0.2) is 9.97 Å². The summed E-state index contributed by atoms with van der Waals surface area (Å²) in [6, 6.07) is 12.6. The van der Waals surface area contributed by atoms with Crippen LogP contribution < -0.4 is 15.0 Å². The SMILES string of the molecule is c1cn2cc(-c3ccc4cn[nH]c4c3)nc(Nc3ccc4c(c3)OC[C@@H]3COCCN43)c2n1. The normalized spacial score (nSPS) is 17.6. The van der Waals surface area contributed by atoms with Crippen LogP contribution in [-0.2, 0) is 4.74 Å². The van der Waals surface area contributed by atoms with Gasteiger partial charge in [0.25, 0.3) is 0 Å². The molecule has 9 nitrogen and oxygen atoms in total. The molecule has 0 saturated carbocycles. The molecule has 1 fully saturated rings. The highest BCUT2D eigenvalue weighted by Gasteiger charge is 2.30. The second kappa shape index (κ2) is 7.21. The highest BCUT2D eigenvalue weighted by atomic mass is 16.5. The quantitative estimate of drug-likeness (QED) is 0.444. The molecule has 0 radical (unpaired) electrons. The maximum atomic E-state index is 6.06. The van der Waals surface area contributed by atoms with E-state index in [0.717, 1.165) is 58.1 Å². The van der Waals surface area contributed by atoms with E-state index in [9.17, 15) is 0 Å². The Morgan fingerprint density at radius 1 is 1.12 bits per heavy atom. The number of benzene rings is 2. The summed E-state index contributed by atoms with van der Waals surface area (Å²) in [6.45, 7) is 2.96. The average Bonchev–Trinajstić information content (AvgIpc) is 3.53. The Balaban J connectivity index is 1.26. The lowest BCUT2D eigenvalue weighted by molar-refractivity contribution is 0.0705. The standard InChI is InChI=1S/C24H21N7O2/c1-2-16-11-26-29-19(16)9-15(1)20-12-30-6-5-25-24(30)23(28-20)27-17-3-4-21-22(10-17)33-14-18-13-32-8-7-31(18)21/h1-6,9-12,18H,7-8,13-14H2,(H,26,29)(H,27,28)/t18-/m0/s1. The number of nitrogens with zero attached hydrogens (tertiary/aromatic N) is 5. The van der Waals surface area contributed by atoms with Crippen LogP contribution in [0.25, 0.3) is 27.8 Å². The van der Waals surface area contributed by atoms with Gasteiger partial charge in [0.1, 0.15) is 12.4 Å². The molecule has 1 saturated heterocycles. The van der Waals surface area contributed by atoms with Gasteiger partial charge < -0.3 is 24.1 Å². The number of aromatic amines is 1. The molecule has 9 heteroatoms. The van der Waals surface area contributed by atoms with E-state index in [2.05, 4.69) is 49.7 Å². The van der Waals surface area contributed by atoms with E-state index >= 15 is 0 Å². The third-order valence-electron chi connectivity index (χ3n) is 6.30. The Morgan fingerprint density at radius 3 is 3.12 bits per heavy atom. The van der Waals surface area contributed by atoms with Crippen LogP contribution >= 0.6 is 0 Å². The smallest absolute Gasteiger partial charge is 0.180 e. The van der Waals surface area contributed by atoms with Crippen LogP contribution in [0, 0.1) is 0 Å². The molecule has 0 unspecified atom stereocenters. The number of hydrogen-bond donors (Lipinski definition) is 2. The molecule has 2 N–H and O–H groups in total. The number of anilines is 3. The lowest BCUT2D eigenvalue weighted by Crippen LogP contribution is -2.51. The van der Waals surface area contributed by atoms with Gasteiger partial charge in [0.2, 0.25) is 0 Å². The zero-order valence-electron chi connectivity index (χ0n) is 17.7. The van der Waals surface area contributed by atoms with Gasteiger partial charge in [0.15, 0.2) is 11.5 Å². The largest absolute Gasteiger partial charge is 0.489 e. The first-order valence-electron chi connectivity index (χ1n) is 11.0. The number of hydrogen-bond acceptors (Lipinski definition) is 7. The zero-order valence-corrected chi connectivity index (χ0v) is 17.7. The second-order valence-corrected chi connectivity index (χ2v) is 8.35. The van der Waals surface area contributed by atoms with Crippen LogP contribution in [0.4, 0.5) is 17.2 Å². The summed E-state index contributed by atoms with van der Waals surface area (Å²) in [6.07, 6.45) is 7.50. The minimum absolute atomic E-state index is 0.278. The number of ether oxygens (including phenoxy) is 2. The Hall–Kier alpha value is -4.11. The number of rotatable bonds is 3. The number of morpholine rings is 1. The van der Waals surface area contributed by atoms with E-state index in [-0.39, 0.29) is 6.04 Å². The Morgan fingerprint density at radius 2 is 2.12 bits per heavy atom. The molecular formula is C24H21N7O2. The molecule has 2 aromatic carbocycles. The maximum absolute atomic E-state index is 6.06. The van der Waals surface area contributed by atoms with Gasteiger partial charge in [0, 0.05) is 47.8 Å². The predicted molar refractivity (Wildman–Crippen MR) is 125 cm³/mol. The van der Waals surface area contributed by atoms with Crippen molar-refractivity contribution in [3.63, 3.8) is 0 Å². The Labute approximate surface area is 189 Å². The number of fused-ring (bicyclic) bond motifs is 5. The van der Waals surface area contributed by atoms with Gasteiger partial charge >= 0.3 is 0 Å². The molecule has 33 heavy (non-hydrogen) atoms. The van der Waals surface area contributed by atoms with Crippen molar-refractivity contribution in [3.05, 3.63) is 61.2 Å². The van der Waals surface area contributed by atoms with E-state index in [1.54, 1.807) is 6.20 Å². The predicted octanol–water partition coefficient (Wildman–Crippen LogP) is 3.61. The Bertz CT molecular complexity index is 1490. The lowest BCUT2D eigenvalue weighted by atomic mass is 10.1. The first-order chi connectivity index (χ1) is 16.3.